The van der Waals surface area contributed by atoms with Crippen LogP contribution in [-0.2, 0) is 4.79 Å². The summed E-state index contributed by atoms with van der Waals surface area (Å²) in [6, 6.07) is 0.761. The molecule has 4 heteroatoms. The largest absolute Gasteiger partial charge is 0.353 e. The lowest BCUT2D eigenvalue weighted by atomic mass is 9.82. The van der Waals surface area contributed by atoms with E-state index in [9.17, 15) is 4.79 Å². The van der Waals surface area contributed by atoms with Gasteiger partial charge in [-0.3, -0.25) is 4.79 Å². The van der Waals surface area contributed by atoms with E-state index < -0.39 is 0 Å². The molecule has 0 aromatic carbocycles. The van der Waals surface area contributed by atoms with E-state index in [4.69, 9.17) is 5.73 Å². The van der Waals surface area contributed by atoms with Crippen LogP contribution >= 0.6 is 12.4 Å². The molecule has 17 heavy (non-hydrogen) atoms. The molecule has 0 spiro atoms. The van der Waals surface area contributed by atoms with Gasteiger partial charge in [-0.05, 0) is 38.0 Å². The van der Waals surface area contributed by atoms with Crippen LogP contribution in [-0.4, -0.2) is 18.0 Å². The molecule has 0 saturated heterocycles. The summed E-state index contributed by atoms with van der Waals surface area (Å²) in [7, 11) is 0. The Morgan fingerprint density at radius 3 is 2.29 bits per heavy atom. The molecule has 2 aliphatic rings. The van der Waals surface area contributed by atoms with Crippen molar-refractivity contribution in [1.82, 2.24) is 5.32 Å². The van der Waals surface area contributed by atoms with Crippen molar-refractivity contribution in [1.29, 1.82) is 0 Å². The van der Waals surface area contributed by atoms with Gasteiger partial charge in [0.05, 0.1) is 0 Å². The lowest BCUT2D eigenvalue weighted by Gasteiger charge is -2.28. The van der Waals surface area contributed by atoms with Crippen molar-refractivity contribution in [2.75, 3.05) is 0 Å². The molecule has 0 heterocycles. The van der Waals surface area contributed by atoms with Crippen molar-refractivity contribution in [2.45, 2.75) is 69.9 Å². The fourth-order valence-corrected chi connectivity index (χ4v) is 2.68. The third-order valence-electron chi connectivity index (χ3n) is 4.14. The summed E-state index contributed by atoms with van der Waals surface area (Å²) in [6.45, 7) is 0. The third kappa shape index (κ3) is 4.84. The van der Waals surface area contributed by atoms with E-state index in [1.54, 1.807) is 0 Å². The molecule has 2 fully saturated rings. The van der Waals surface area contributed by atoms with E-state index in [1.807, 2.05) is 0 Å². The quantitative estimate of drug-likeness (QED) is 0.815. The first-order valence-corrected chi connectivity index (χ1v) is 6.79. The number of nitrogens with two attached hydrogens (primary N) is 1. The van der Waals surface area contributed by atoms with Crippen molar-refractivity contribution in [3.8, 4) is 0 Å². The number of hydrogen-bond donors (Lipinski definition) is 2. The van der Waals surface area contributed by atoms with Crippen LogP contribution in [0, 0.1) is 5.92 Å². The Balaban J connectivity index is 0.00000144. The van der Waals surface area contributed by atoms with Gasteiger partial charge in [0.15, 0.2) is 0 Å². The summed E-state index contributed by atoms with van der Waals surface area (Å²) < 4.78 is 0. The predicted molar refractivity (Wildman–Crippen MR) is 72.2 cm³/mol. The molecule has 0 aliphatic heterocycles. The molecule has 0 aromatic heterocycles. The first-order chi connectivity index (χ1) is 7.74. The van der Waals surface area contributed by atoms with Crippen molar-refractivity contribution < 1.29 is 4.79 Å². The first kappa shape index (κ1) is 14.8. The Labute approximate surface area is 110 Å². The van der Waals surface area contributed by atoms with Crippen molar-refractivity contribution >= 4 is 18.3 Å². The minimum absolute atomic E-state index is 0. The summed E-state index contributed by atoms with van der Waals surface area (Å²) in [5.41, 5.74) is 5.84. The highest BCUT2D eigenvalue weighted by molar-refractivity contribution is 5.85. The SMILES string of the molecule is Cl.NC1CCC(NC(=O)CCC2CCC2)CC1. The maximum Gasteiger partial charge on any atom is 0.220 e. The average molecular weight is 261 g/mol. The monoisotopic (exact) mass is 260 g/mol. The van der Waals surface area contributed by atoms with Crippen LogP contribution in [0.1, 0.15) is 57.8 Å². The van der Waals surface area contributed by atoms with Crippen LogP contribution in [0.3, 0.4) is 0 Å². The molecule has 3 N–H and O–H groups in total. The maximum absolute atomic E-state index is 11.7. The lowest BCUT2D eigenvalue weighted by molar-refractivity contribution is -0.122. The number of hydrogen-bond acceptors (Lipinski definition) is 2. The van der Waals surface area contributed by atoms with Crippen LogP contribution in [0.2, 0.25) is 0 Å². The average Bonchev–Trinajstić information content (AvgIpc) is 2.19. The van der Waals surface area contributed by atoms with E-state index in [-0.39, 0.29) is 18.3 Å². The zero-order chi connectivity index (χ0) is 11.4. The maximum atomic E-state index is 11.7. The number of amides is 1. The fraction of sp³-hybridized carbons (Fsp3) is 0.923. The normalized spacial score (nSPS) is 29.0. The molecule has 0 bridgehead atoms. The second-order valence-electron chi connectivity index (χ2n) is 5.51. The van der Waals surface area contributed by atoms with Gasteiger partial charge in [0.1, 0.15) is 0 Å². The summed E-state index contributed by atoms with van der Waals surface area (Å²) >= 11 is 0. The zero-order valence-electron chi connectivity index (χ0n) is 10.5. The summed E-state index contributed by atoms with van der Waals surface area (Å²) in [4.78, 5) is 11.7. The Morgan fingerprint density at radius 1 is 1.12 bits per heavy atom. The second kappa shape index (κ2) is 7.22. The third-order valence-corrected chi connectivity index (χ3v) is 4.14. The van der Waals surface area contributed by atoms with Crippen LogP contribution in [0.4, 0.5) is 0 Å². The highest BCUT2D eigenvalue weighted by Crippen LogP contribution is 2.30. The van der Waals surface area contributed by atoms with E-state index in [0.717, 1.165) is 44.4 Å². The lowest BCUT2D eigenvalue weighted by Crippen LogP contribution is -2.40. The molecule has 0 aromatic rings. The minimum Gasteiger partial charge on any atom is -0.353 e. The van der Waals surface area contributed by atoms with Gasteiger partial charge in [-0.2, -0.15) is 0 Å². The second-order valence-corrected chi connectivity index (χ2v) is 5.51. The molecule has 0 unspecified atom stereocenters. The van der Waals surface area contributed by atoms with Gasteiger partial charge in [0.25, 0.3) is 0 Å². The van der Waals surface area contributed by atoms with Crippen LogP contribution < -0.4 is 11.1 Å². The standard InChI is InChI=1S/C13H24N2O.ClH/c14-11-5-7-12(8-6-11)15-13(16)9-4-10-2-1-3-10;/h10-12H,1-9,14H2,(H,15,16);1H. The number of carbonyl (C=O) groups is 1. The highest BCUT2D eigenvalue weighted by atomic mass is 35.5. The summed E-state index contributed by atoms with van der Waals surface area (Å²) in [5.74, 6) is 1.10. The molecule has 100 valence electrons. The zero-order valence-corrected chi connectivity index (χ0v) is 11.3. The molecule has 2 saturated carbocycles. The van der Waals surface area contributed by atoms with E-state index >= 15 is 0 Å². The Hall–Kier alpha value is -0.280. The summed E-state index contributed by atoms with van der Waals surface area (Å²) in [5, 5.41) is 3.15. The van der Waals surface area contributed by atoms with Crippen LogP contribution in [0.25, 0.3) is 0 Å². The van der Waals surface area contributed by atoms with Gasteiger partial charge in [-0.15, -0.1) is 12.4 Å². The van der Waals surface area contributed by atoms with E-state index in [0.29, 0.717) is 12.1 Å². The highest BCUT2D eigenvalue weighted by Gasteiger charge is 2.21. The van der Waals surface area contributed by atoms with Gasteiger partial charge >= 0.3 is 0 Å². The van der Waals surface area contributed by atoms with Gasteiger partial charge in [-0.25, -0.2) is 0 Å². The smallest absolute Gasteiger partial charge is 0.220 e. The Bertz CT molecular complexity index is 236. The van der Waals surface area contributed by atoms with Crippen molar-refractivity contribution in [3.05, 3.63) is 0 Å². The van der Waals surface area contributed by atoms with E-state index in [2.05, 4.69) is 5.32 Å². The van der Waals surface area contributed by atoms with Gasteiger partial charge in [0.2, 0.25) is 5.91 Å². The molecular weight excluding hydrogens is 236 g/mol. The molecule has 1 amide bonds. The molecule has 0 radical (unpaired) electrons. The van der Waals surface area contributed by atoms with E-state index in [1.165, 1.54) is 19.3 Å². The molecule has 0 atom stereocenters. The molecular formula is C13H25ClN2O. The van der Waals surface area contributed by atoms with Crippen molar-refractivity contribution in [3.63, 3.8) is 0 Å². The first-order valence-electron chi connectivity index (χ1n) is 6.79. The van der Waals surface area contributed by atoms with Crippen LogP contribution in [0.15, 0.2) is 0 Å². The van der Waals surface area contributed by atoms with Gasteiger partial charge < -0.3 is 11.1 Å². The van der Waals surface area contributed by atoms with Gasteiger partial charge in [0, 0.05) is 18.5 Å². The number of halogens is 1. The van der Waals surface area contributed by atoms with Crippen LogP contribution in [0.5, 0.6) is 0 Å². The number of carbonyl (C=O) groups excluding carboxylic acids is 1. The predicted octanol–water partition coefficient (Wildman–Crippen LogP) is 2.37. The van der Waals surface area contributed by atoms with Crippen molar-refractivity contribution in [2.24, 2.45) is 11.7 Å². The minimum atomic E-state index is 0. The van der Waals surface area contributed by atoms with Gasteiger partial charge in [-0.1, -0.05) is 19.3 Å². The Morgan fingerprint density at radius 2 is 1.76 bits per heavy atom. The number of nitrogens with one attached hydrogen (secondary N) is 1. The topological polar surface area (TPSA) is 55.1 Å². The molecule has 2 rings (SSSR count). The molecule has 3 nitrogen and oxygen atoms in total. The molecule has 2 aliphatic carbocycles. The number of rotatable bonds is 4. The fourth-order valence-electron chi connectivity index (χ4n) is 2.68. The summed E-state index contributed by atoms with van der Waals surface area (Å²) in [6.07, 6.45) is 10.1. The Kier molecular flexibility index (Phi) is 6.28.